The van der Waals surface area contributed by atoms with E-state index in [0.29, 0.717) is 16.5 Å². The van der Waals surface area contributed by atoms with E-state index in [1.54, 1.807) is 42.5 Å². The Hall–Kier alpha value is -4.13. The monoisotopic (exact) mass is 417 g/mol. The molecule has 5 rings (SSSR count). The summed E-state index contributed by atoms with van der Waals surface area (Å²) in [6.07, 6.45) is -1.15. The van der Waals surface area contributed by atoms with Crippen LogP contribution in [0.1, 0.15) is 17.0 Å². The molecule has 2 heterocycles. The van der Waals surface area contributed by atoms with E-state index >= 15 is 0 Å². The summed E-state index contributed by atoms with van der Waals surface area (Å²) < 4.78 is 25.6. The summed E-state index contributed by atoms with van der Waals surface area (Å²) in [6.45, 7) is 0. The quantitative estimate of drug-likeness (QED) is 0.489. The van der Waals surface area contributed by atoms with Crippen LogP contribution in [0.15, 0.2) is 82.0 Å². The number of ether oxygens (including phenoxy) is 1. The molecule has 31 heavy (non-hydrogen) atoms. The van der Waals surface area contributed by atoms with Gasteiger partial charge in [0.1, 0.15) is 22.9 Å². The van der Waals surface area contributed by atoms with Gasteiger partial charge in [0.15, 0.2) is 6.10 Å². The van der Waals surface area contributed by atoms with Crippen molar-refractivity contribution < 1.29 is 23.4 Å². The molecule has 0 saturated carbocycles. The van der Waals surface area contributed by atoms with Gasteiger partial charge in [-0.25, -0.2) is 9.18 Å². The van der Waals surface area contributed by atoms with Crippen molar-refractivity contribution in [3.05, 3.63) is 100 Å². The standard InChI is InChI=1S/C24H16FNO5/c25-16-6-2-3-7-17(16)26-23(28)22-19(13-9-11-14(27)12-10-13)20-21(31-22)15-5-1-4-8-18(15)30-24(20)29/h1-12,19,22,27H,(H,26,28)/t19-,22-/m0/s1. The zero-order chi connectivity index (χ0) is 21.5. The van der Waals surface area contributed by atoms with Gasteiger partial charge in [0.25, 0.3) is 5.91 Å². The summed E-state index contributed by atoms with van der Waals surface area (Å²) in [4.78, 5) is 26.0. The first-order valence-corrected chi connectivity index (χ1v) is 9.59. The minimum atomic E-state index is -1.15. The number of fused-ring (bicyclic) bond motifs is 3. The molecule has 7 heteroatoms. The van der Waals surface area contributed by atoms with Crippen molar-refractivity contribution in [2.24, 2.45) is 0 Å². The van der Waals surface area contributed by atoms with E-state index in [4.69, 9.17) is 9.15 Å². The Bertz CT molecular complexity index is 1360. The molecule has 2 N–H and O–H groups in total. The fourth-order valence-corrected chi connectivity index (χ4v) is 3.87. The van der Waals surface area contributed by atoms with Crippen molar-refractivity contribution in [3.63, 3.8) is 0 Å². The molecule has 1 amide bonds. The Morgan fingerprint density at radius 1 is 0.968 bits per heavy atom. The van der Waals surface area contributed by atoms with Gasteiger partial charge in [-0.15, -0.1) is 0 Å². The number of nitrogens with one attached hydrogen (secondary N) is 1. The SMILES string of the molecule is O=C(Nc1ccccc1F)[C@H]1Oc2c(c(=O)oc3ccccc23)[C@@H]1c1ccc(O)cc1. The maximum atomic E-state index is 14.1. The number of carbonyl (C=O) groups excluding carboxylic acids is 1. The summed E-state index contributed by atoms with van der Waals surface area (Å²) in [7, 11) is 0. The zero-order valence-electron chi connectivity index (χ0n) is 16.0. The van der Waals surface area contributed by atoms with Crippen LogP contribution in [0.2, 0.25) is 0 Å². The molecular formula is C24H16FNO5. The second-order valence-electron chi connectivity index (χ2n) is 7.21. The molecule has 6 nitrogen and oxygen atoms in total. The molecule has 0 spiro atoms. The summed E-state index contributed by atoms with van der Waals surface area (Å²) in [5, 5.41) is 12.8. The van der Waals surface area contributed by atoms with Crippen molar-refractivity contribution in [3.8, 4) is 11.5 Å². The summed E-state index contributed by atoms with van der Waals surface area (Å²) >= 11 is 0. The Morgan fingerprint density at radius 3 is 2.45 bits per heavy atom. The third kappa shape index (κ3) is 3.20. The lowest BCUT2D eigenvalue weighted by Crippen LogP contribution is -2.35. The third-order valence-corrected chi connectivity index (χ3v) is 5.30. The number of rotatable bonds is 3. The number of benzene rings is 3. The highest BCUT2D eigenvalue weighted by Gasteiger charge is 2.44. The average molecular weight is 417 g/mol. The summed E-state index contributed by atoms with van der Waals surface area (Å²) in [5.41, 5.74) is 0.512. The number of carbonyl (C=O) groups is 1. The van der Waals surface area contributed by atoms with E-state index in [2.05, 4.69) is 5.32 Å². The van der Waals surface area contributed by atoms with Gasteiger partial charge in [-0.3, -0.25) is 4.79 Å². The number of aromatic hydroxyl groups is 1. The van der Waals surface area contributed by atoms with Gasteiger partial charge in [0.2, 0.25) is 0 Å². The van der Waals surface area contributed by atoms with Crippen molar-refractivity contribution in [2.75, 3.05) is 5.32 Å². The second-order valence-corrected chi connectivity index (χ2v) is 7.21. The highest BCUT2D eigenvalue weighted by atomic mass is 19.1. The number of halogens is 1. The second kappa shape index (κ2) is 7.28. The Labute approximate surface area is 175 Å². The fraction of sp³-hybridized carbons (Fsp3) is 0.0833. The van der Waals surface area contributed by atoms with Gasteiger partial charge in [-0.05, 0) is 42.0 Å². The third-order valence-electron chi connectivity index (χ3n) is 5.30. The van der Waals surface area contributed by atoms with Crippen LogP contribution in [0.5, 0.6) is 11.5 Å². The highest BCUT2D eigenvalue weighted by molar-refractivity contribution is 5.97. The first-order chi connectivity index (χ1) is 15.0. The van der Waals surface area contributed by atoms with E-state index in [1.165, 1.54) is 30.3 Å². The van der Waals surface area contributed by atoms with E-state index in [9.17, 15) is 19.1 Å². The predicted molar refractivity (Wildman–Crippen MR) is 112 cm³/mol. The number of phenols is 1. The van der Waals surface area contributed by atoms with Crippen LogP contribution < -0.4 is 15.7 Å². The van der Waals surface area contributed by atoms with Crippen LogP contribution in [0.3, 0.4) is 0 Å². The van der Waals surface area contributed by atoms with Gasteiger partial charge >= 0.3 is 5.63 Å². The van der Waals surface area contributed by atoms with Crippen LogP contribution in [0, 0.1) is 5.82 Å². The number of para-hydroxylation sites is 2. The van der Waals surface area contributed by atoms with Gasteiger partial charge < -0.3 is 19.6 Å². The molecule has 3 aromatic carbocycles. The predicted octanol–water partition coefficient (Wildman–Crippen LogP) is 4.17. The van der Waals surface area contributed by atoms with Gasteiger partial charge in [0, 0.05) is 0 Å². The van der Waals surface area contributed by atoms with Crippen molar-refractivity contribution >= 4 is 22.6 Å². The lowest BCUT2D eigenvalue weighted by atomic mass is 9.88. The van der Waals surface area contributed by atoms with Crippen molar-refractivity contribution in [1.29, 1.82) is 0 Å². The van der Waals surface area contributed by atoms with Gasteiger partial charge in [-0.2, -0.15) is 0 Å². The minimum Gasteiger partial charge on any atom is -0.508 e. The average Bonchev–Trinajstić information content (AvgIpc) is 3.18. The molecule has 0 unspecified atom stereocenters. The van der Waals surface area contributed by atoms with Crippen LogP contribution >= 0.6 is 0 Å². The van der Waals surface area contributed by atoms with Crippen LogP contribution in [0.4, 0.5) is 10.1 Å². The van der Waals surface area contributed by atoms with E-state index in [0.717, 1.165) is 0 Å². The van der Waals surface area contributed by atoms with Crippen molar-refractivity contribution in [2.45, 2.75) is 12.0 Å². The number of hydrogen-bond donors (Lipinski definition) is 2. The molecule has 0 saturated heterocycles. The largest absolute Gasteiger partial charge is 0.508 e. The topological polar surface area (TPSA) is 88.8 Å². The van der Waals surface area contributed by atoms with Crippen LogP contribution in [0.25, 0.3) is 11.0 Å². The number of anilines is 1. The number of phenolic OH excluding ortho intramolecular Hbond substituents is 1. The first-order valence-electron chi connectivity index (χ1n) is 9.59. The zero-order valence-corrected chi connectivity index (χ0v) is 16.0. The molecule has 1 aliphatic heterocycles. The Kier molecular flexibility index (Phi) is 4.43. The van der Waals surface area contributed by atoms with Crippen LogP contribution in [-0.2, 0) is 4.79 Å². The molecule has 1 aliphatic rings. The fourth-order valence-electron chi connectivity index (χ4n) is 3.87. The van der Waals surface area contributed by atoms with Gasteiger partial charge in [-0.1, -0.05) is 36.4 Å². The summed E-state index contributed by atoms with van der Waals surface area (Å²) in [5.74, 6) is -1.69. The molecular weight excluding hydrogens is 401 g/mol. The number of hydrogen-bond acceptors (Lipinski definition) is 5. The lowest BCUT2D eigenvalue weighted by molar-refractivity contribution is -0.122. The molecule has 1 aromatic heterocycles. The van der Waals surface area contributed by atoms with E-state index < -0.39 is 29.4 Å². The normalized spacial score (nSPS) is 17.2. The van der Waals surface area contributed by atoms with E-state index in [-0.39, 0.29) is 22.7 Å². The summed E-state index contributed by atoms with van der Waals surface area (Å²) in [6, 6.07) is 18.8. The molecule has 0 fully saturated rings. The molecule has 0 radical (unpaired) electrons. The minimum absolute atomic E-state index is 0.00778. The van der Waals surface area contributed by atoms with E-state index in [1.807, 2.05) is 0 Å². The van der Waals surface area contributed by atoms with Crippen molar-refractivity contribution in [1.82, 2.24) is 0 Å². The number of amides is 1. The Morgan fingerprint density at radius 2 is 1.68 bits per heavy atom. The molecule has 4 aromatic rings. The maximum absolute atomic E-state index is 14.1. The molecule has 0 bridgehead atoms. The first kappa shape index (κ1) is 18.9. The lowest BCUT2D eigenvalue weighted by Gasteiger charge is -2.19. The molecule has 2 atom stereocenters. The van der Waals surface area contributed by atoms with Gasteiger partial charge in [0.05, 0.1) is 22.6 Å². The Balaban J connectivity index is 1.65. The van der Waals surface area contributed by atoms with Crippen LogP contribution in [-0.4, -0.2) is 17.1 Å². The molecule has 0 aliphatic carbocycles. The maximum Gasteiger partial charge on any atom is 0.344 e. The highest BCUT2D eigenvalue weighted by Crippen LogP contribution is 2.44. The molecule has 154 valence electrons. The smallest absolute Gasteiger partial charge is 0.344 e.